The van der Waals surface area contributed by atoms with E-state index in [9.17, 15) is 4.79 Å². The van der Waals surface area contributed by atoms with E-state index < -0.39 is 0 Å². The van der Waals surface area contributed by atoms with Crippen LogP contribution < -0.4 is 5.32 Å². The van der Waals surface area contributed by atoms with Crippen LogP contribution >= 0.6 is 11.8 Å². The molecule has 5 nitrogen and oxygen atoms in total. The molecule has 1 N–H and O–H groups in total. The fourth-order valence-electron chi connectivity index (χ4n) is 6.60. The summed E-state index contributed by atoms with van der Waals surface area (Å²) in [6.45, 7) is 3.50. The summed E-state index contributed by atoms with van der Waals surface area (Å²) in [7, 11) is 0. The van der Waals surface area contributed by atoms with Gasteiger partial charge in [-0.1, -0.05) is 49.0 Å². The first-order valence-corrected chi connectivity index (χ1v) is 13.0. The average Bonchev–Trinajstić information content (AvgIpc) is 3.16. The van der Waals surface area contributed by atoms with Gasteiger partial charge in [-0.3, -0.25) is 4.79 Å². The van der Waals surface area contributed by atoms with Crippen LogP contribution in [-0.2, 0) is 24.3 Å². The van der Waals surface area contributed by atoms with Gasteiger partial charge in [0.1, 0.15) is 0 Å². The highest BCUT2D eigenvalue weighted by atomic mass is 32.2. The molecule has 31 heavy (non-hydrogen) atoms. The summed E-state index contributed by atoms with van der Waals surface area (Å²) in [6, 6.07) is 10.5. The molecular weight excluding hydrogens is 404 g/mol. The number of amides is 1. The molecule has 2 aromatic rings. The molecule has 4 aliphatic carbocycles. The van der Waals surface area contributed by atoms with Gasteiger partial charge in [-0.15, -0.1) is 10.2 Å². The second-order valence-electron chi connectivity index (χ2n) is 10.0. The minimum atomic E-state index is -0.108. The van der Waals surface area contributed by atoms with E-state index in [1.54, 1.807) is 11.8 Å². The van der Waals surface area contributed by atoms with Gasteiger partial charge in [-0.25, -0.2) is 0 Å². The Kier molecular flexibility index (Phi) is 6.09. The fraction of sp³-hybridized carbons (Fsp3) is 0.640. The first-order chi connectivity index (χ1) is 15.1. The number of carbonyl (C=O) groups is 1. The summed E-state index contributed by atoms with van der Waals surface area (Å²) >= 11 is 1.76. The largest absolute Gasteiger partial charge is 0.348 e. The van der Waals surface area contributed by atoms with Crippen molar-refractivity contribution in [3.05, 3.63) is 41.7 Å². The topological polar surface area (TPSA) is 59.8 Å². The van der Waals surface area contributed by atoms with Crippen LogP contribution in [0.2, 0.25) is 0 Å². The lowest BCUT2D eigenvalue weighted by Gasteiger charge is -2.55. The Labute approximate surface area is 189 Å². The summed E-state index contributed by atoms with van der Waals surface area (Å²) < 4.78 is 2.22. The van der Waals surface area contributed by atoms with E-state index in [4.69, 9.17) is 0 Å². The predicted molar refractivity (Wildman–Crippen MR) is 124 cm³/mol. The lowest BCUT2D eigenvalue weighted by atomic mass is 9.49. The van der Waals surface area contributed by atoms with Crippen LogP contribution in [0.4, 0.5) is 0 Å². The number of aromatic nitrogens is 3. The third-order valence-corrected chi connectivity index (χ3v) is 8.80. The van der Waals surface area contributed by atoms with Crippen LogP contribution in [-0.4, -0.2) is 26.4 Å². The Morgan fingerprint density at radius 2 is 1.77 bits per heavy atom. The van der Waals surface area contributed by atoms with Crippen LogP contribution in [0.25, 0.3) is 0 Å². The number of carbonyl (C=O) groups excluding carboxylic acids is 1. The highest BCUT2D eigenvalue weighted by Gasteiger charge is 2.54. The smallest absolute Gasteiger partial charge is 0.226 e. The maximum absolute atomic E-state index is 13.4. The molecule has 1 aromatic heterocycles. The average molecular weight is 439 g/mol. The van der Waals surface area contributed by atoms with Crippen LogP contribution in [0, 0.1) is 23.2 Å². The first-order valence-electron chi connectivity index (χ1n) is 12.0. The van der Waals surface area contributed by atoms with Gasteiger partial charge in [-0.2, -0.15) is 0 Å². The Hall–Kier alpha value is -1.82. The van der Waals surface area contributed by atoms with E-state index >= 15 is 0 Å². The molecule has 0 saturated heterocycles. The number of nitrogens with one attached hydrogen (secondary N) is 1. The SMILES string of the molecule is CCCSc1nnc(CNC(=O)C23CC4CC(CC(C4)C2)C3)n1CCc1ccccc1. The van der Waals surface area contributed by atoms with Crippen molar-refractivity contribution < 1.29 is 4.79 Å². The lowest BCUT2D eigenvalue weighted by Crippen LogP contribution is -2.53. The van der Waals surface area contributed by atoms with Crippen molar-refractivity contribution in [2.45, 2.75) is 76.5 Å². The van der Waals surface area contributed by atoms with Gasteiger partial charge in [0.05, 0.1) is 6.54 Å². The van der Waals surface area contributed by atoms with Gasteiger partial charge in [0, 0.05) is 17.7 Å². The Morgan fingerprint density at radius 3 is 2.42 bits per heavy atom. The zero-order valence-electron chi connectivity index (χ0n) is 18.6. The third-order valence-electron chi connectivity index (χ3n) is 7.62. The van der Waals surface area contributed by atoms with Gasteiger partial charge in [0.25, 0.3) is 0 Å². The third kappa shape index (κ3) is 4.41. The molecule has 4 bridgehead atoms. The molecule has 0 aliphatic heterocycles. The first kappa shape index (κ1) is 21.0. The molecule has 4 fully saturated rings. The van der Waals surface area contributed by atoms with E-state index in [1.165, 1.54) is 24.8 Å². The zero-order valence-corrected chi connectivity index (χ0v) is 19.4. The number of hydrogen-bond acceptors (Lipinski definition) is 4. The fourth-order valence-corrected chi connectivity index (χ4v) is 7.43. The molecule has 4 saturated carbocycles. The number of rotatable bonds is 9. The maximum Gasteiger partial charge on any atom is 0.226 e. The molecule has 0 radical (unpaired) electrons. The van der Waals surface area contributed by atoms with Crippen molar-refractivity contribution in [1.29, 1.82) is 0 Å². The molecule has 4 aliphatic rings. The van der Waals surface area contributed by atoms with E-state index in [1.807, 2.05) is 0 Å². The minimum absolute atomic E-state index is 0.108. The molecule has 1 heterocycles. The monoisotopic (exact) mass is 438 g/mol. The van der Waals surface area contributed by atoms with Crippen LogP contribution in [0.5, 0.6) is 0 Å². The summed E-state index contributed by atoms with van der Waals surface area (Å²) in [5.74, 6) is 4.53. The lowest BCUT2D eigenvalue weighted by molar-refractivity contribution is -0.146. The molecule has 6 rings (SSSR count). The Morgan fingerprint density at radius 1 is 1.10 bits per heavy atom. The standard InChI is InChI=1S/C25H34N4OS/c1-2-10-31-24-28-27-22(29(24)9-8-18-6-4-3-5-7-18)17-26-23(30)25-14-19-11-20(15-25)13-21(12-19)16-25/h3-7,19-21H,2,8-17H2,1H3,(H,26,30). The second-order valence-corrected chi connectivity index (χ2v) is 11.1. The van der Waals surface area contributed by atoms with Gasteiger partial charge in [-0.05, 0) is 74.7 Å². The highest BCUT2D eigenvalue weighted by molar-refractivity contribution is 7.99. The predicted octanol–water partition coefficient (Wildman–Crippen LogP) is 4.86. The molecule has 0 atom stereocenters. The Bertz CT molecular complexity index is 874. The van der Waals surface area contributed by atoms with Crippen LogP contribution in [0.15, 0.2) is 35.5 Å². The summed E-state index contributed by atoms with van der Waals surface area (Å²) in [4.78, 5) is 13.4. The van der Waals surface area contributed by atoms with Crippen LogP contribution in [0.1, 0.15) is 63.3 Å². The number of nitrogens with zero attached hydrogens (tertiary/aromatic N) is 3. The summed E-state index contributed by atoms with van der Waals surface area (Å²) in [5, 5.41) is 13.2. The van der Waals surface area contributed by atoms with Crippen molar-refractivity contribution in [2.75, 3.05) is 5.75 Å². The molecule has 0 spiro atoms. The van der Waals surface area contributed by atoms with Gasteiger partial charge in [0.2, 0.25) is 5.91 Å². The van der Waals surface area contributed by atoms with Gasteiger partial charge >= 0.3 is 0 Å². The van der Waals surface area contributed by atoms with Crippen molar-refractivity contribution in [3.8, 4) is 0 Å². The molecule has 6 heteroatoms. The minimum Gasteiger partial charge on any atom is -0.348 e. The molecule has 0 unspecified atom stereocenters. The van der Waals surface area contributed by atoms with E-state index in [-0.39, 0.29) is 11.3 Å². The highest BCUT2D eigenvalue weighted by Crippen LogP contribution is 2.60. The number of hydrogen-bond donors (Lipinski definition) is 1. The normalized spacial score (nSPS) is 28.7. The van der Waals surface area contributed by atoms with E-state index in [2.05, 4.69) is 57.3 Å². The van der Waals surface area contributed by atoms with Crippen LogP contribution in [0.3, 0.4) is 0 Å². The van der Waals surface area contributed by atoms with Crippen molar-refractivity contribution in [3.63, 3.8) is 0 Å². The Balaban J connectivity index is 1.27. The van der Waals surface area contributed by atoms with Crippen molar-refractivity contribution >= 4 is 17.7 Å². The maximum atomic E-state index is 13.4. The van der Waals surface area contributed by atoms with Crippen molar-refractivity contribution in [2.24, 2.45) is 23.2 Å². The molecule has 1 amide bonds. The number of thioether (sulfide) groups is 1. The quantitative estimate of drug-likeness (QED) is 0.568. The summed E-state index contributed by atoms with van der Waals surface area (Å²) in [6.07, 6.45) is 9.42. The number of benzene rings is 1. The molecule has 166 valence electrons. The van der Waals surface area contributed by atoms with Gasteiger partial charge < -0.3 is 9.88 Å². The summed E-state index contributed by atoms with van der Waals surface area (Å²) in [5.41, 5.74) is 1.20. The number of aryl methyl sites for hydroxylation is 1. The van der Waals surface area contributed by atoms with E-state index in [0.29, 0.717) is 6.54 Å². The zero-order chi connectivity index (χ0) is 21.3. The second kappa shape index (κ2) is 8.97. The van der Waals surface area contributed by atoms with E-state index in [0.717, 1.165) is 73.1 Å². The molecular formula is C25H34N4OS. The molecule has 1 aromatic carbocycles. The van der Waals surface area contributed by atoms with Gasteiger partial charge in [0.15, 0.2) is 11.0 Å². The van der Waals surface area contributed by atoms with Crippen molar-refractivity contribution in [1.82, 2.24) is 20.1 Å².